The van der Waals surface area contributed by atoms with Crippen molar-refractivity contribution in [3.63, 3.8) is 0 Å². The van der Waals surface area contributed by atoms with Crippen molar-refractivity contribution in [1.82, 2.24) is 14.7 Å². The molecule has 0 bridgehead atoms. The molecule has 3 rings (SSSR count). The van der Waals surface area contributed by atoms with Crippen molar-refractivity contribution in [3.05, 3.63) is 46.1 Å². The molecule has 1 aliphatic rings. The molecule has 23 heavy (non-hydrogen) atoms. The van der Waals surface area contributed by atoms with Crippen molar-refractivity contribution in [3.8, 4) is 11.3 Å². The first-order valence-corrected chi connectivity index (χ1v) is 7.69. The Morgan fingerprint density at radius 1 is 1.35 bits per heavy atom. The lowest BCUT2D eigenvalue weighted by molar-refractivity contribution is -0.384. The van der Waals surface area contributed by atoms with E-state index in [0.717, 1.165) is 36.5 Å². The fourth-order valence-electron chi connectivity index (χ4n) is 3.10. The molecule has 2 unspecified atom stereocenters. The quantitative estimate of drug-likeness (QED) is 0.686. The molecule has 7 heteroatoms. The molecule has 122 valence electrons. The molecule has 1 aliphatic heterocycles. The van der Waals surface area contributed by atoms with E-state index in [2.05, 4.69) is 16.9 Å². The molecule has 1 saturated heterocycles. The Labute approximate surface area is 134 Å². The molecule has 1 fully saturated rings. The topological polar surface area (TPSA) is 90.2 Å². The zero-order valence-corrected chi connectivity index (χ0v) is 13.3. The predicted octanol–water partition coefficient (Wildman–Crippen LogP) is 1.77. The number of rotatable bonds is 4. The van der Waals surface area contributed by atoms with Crippen LogP contribution in [0.3, 0.4) is 0 Å². The maximum atomic E-state index is 10.8. The Morgan fingerprint density at radius 3 is 2.61 bits per heavy atom. The highest BCUT2D eigenvalue weighted by atomic mass is 16.6. The van der Waals surface area contributed by atoms with Gasteiger partial charge in [-0.3, -0.25) is 19.7 Å². The number of non-ortho nitro benzene ring substituents is 1. The van der Waals surface area contributed by atoms with Crippen LogP contribution < -0.4 is 5.73 Å². The van der Waals surface area contributed by atoms with E-state index in [-0.39, 0.29) is 11.7 Å². The summed E-state index contributed by atoms with van der Waals surface area (Å²) < 4.78 is 1.78. The van der Waals surface area contributed by atoms with Crippen LogP contribution in [-0.2, 0) is 13.6 Å². The number of aryl methyl sites for hydroxylation is 1. The highest BCUT2D eigenvalue weighted by Crippen LogP contribution is 2.26. The lowest BCUT2D eigenvalue weighted by atomic mass is 10.1. The Bertz CT molecular complexity index is 700. The molecule has 0 saturated carbocycles. The van der Waals surface area contributed by atoms with Gasteiger partial charge in [-0.2, -0.15) is 5.10 Å². The van der Waals surface area contributed by atoms with E-state index in [9.17, 15) is 10.1 Å². The Morgan fingerprint density at radius 2 is 2.04 bits per heavy atom. The number of hydrogen-bond donors (Lipinski definition) is 1. The first-order valence-electron chi connectivity index (χ1n) is 7.69. The SMILES string of the molecule is CC1CN(Cc2cn(C)nc2-c2ccc([N+](=O)[O-])cc2)CC1N. The minimum atomic E-state index is -0.393. The second-order valence-corrected chi connectivity index (χ2v) is 6.32. The number of likely N-dealkylation sites (tertiary alicyclic amines) is 1. The fraction of sp³-hybridized carbons (Fsp3) is 0.438. The van der Waals surface area contributed by atoms with Crippen molar-refractivity contribution in [2.75, 3.05) is 13.1 Å². The maximum Gasteiger partial charge on any atom is 0.269 e. The van der Waals surface area contributed by atoms with Crippen LogP contribution in [0.2, 0.25) is 0 Å². The van der Waals surface area contributed by atoms with Crippen LogP contribution in [0.4, 0.5) is 5.69 Å². The zero-order chi connectivity index (χ0) is 16.6. The van der Waals surface area contributed by atoms with Crippen LogP contribution in [0, 0.1) is 16.0 Å². The average Bonchev–Trinajstić information content (AvgIpc) is 3.02. The molecule has 0 aliphatic carbocycles. The summed E-state index contributed by atoms with van der Waals surface area (Å²) in [4.78, 5) is 12.7. The number of nitro benzene ring substituents is 1. The van der Waals surface area contributed by atoms with Crippen molar-refractivity contribution < 1.29 is 4.92 Å². The van der Waals surface area contributed by atoms with E-state index in [4.69, 9.17) is 5.73 Å². The fourth-order valence-corrected chi connectivity index (χ4v) is 3.10. The minimum absolute atomic E-state index is 0.0885. The van der Waals surface area contributed by atoms with Crippen molar-refractivity contribution >= 4 is 5.69 Å². The summed E-state index contributed by atoms with van der Waals surface area (Å²) in [5, 5.41) is 15.3. The Kier molecular flexibility index (Phi) is 4.14. The van der Waals surface area contributed by atoms with Crippen LogP contribution in [0.5, 0.6) is 0 Å². The molecular formula is C16H21N5O2. The molecule has 7 nitrogen and oxygen atoms in total. The standard InChI is InChI=1S/C16H21N5O2/c1-11-7-20(10-15(11)17)9-13-8-19(2)18-16(13)12-3-5-14(6-4-12)21(22)23/h3-6,8,11,15H,7,9-10,17H2,1-2H3. The van der Waals surface area contributed by atoms with Crippen LogP contribution in [-0.4, -0.2) is 38.7 Å². The highest BCUT2D eigenvalue weighted by molar-refractivity contribution is 5.64. The molecule has 0 spiro atoms. The summed E-state index contributed by atoms with van der Waals surface area (Å²) >= 11 is 0. The summed E-state index contributed by atoms with van der Waals surface area (Å²) in [5.41, 5.74) is 9.06. The number of aromatic nitrogens is 2. The van der Waals surface area contributed by atoms with Gasteiger partial charge in [0.1, 0.15) is 0 Å². The lowest BCUT2D eigenvalue weighted by Crippen LogP contribution is -2.28. The van der Waals surface area contributed by atoms with E-state index in [1.165, 1.54) is 12.1 Å². The molecule has 2 atom stereocenters. The molecule has 2 heterocycles. The summed E-state index contributed by atoms with van der Waals surface area (Å²) in [6.07, 6.45) is 2.01. The van der Waals surface area contributed by atoms with Crippen LogP contribution in [0.1, 0.15) is 12.5 Å². The molecular weight excluding hydrogens is 294 g/mol. The van der Waals surface area contributed by atoms with Gasteiger partial charge in [-0.1, -0.05) is 6.92 Å². The molecule has 1 aromatic carbocycles. The van der Waals surface area contributed by atoms with Gasteiger partial charge >= 0.3 is 0 Å². The third-order valence-electron chi connectivity index (χ3n) is 4.40. The number of hydrogen-bond acceptors (Lipinski definition) is 5. The number of nitrogens with two attached hydrogens (primary N) is 1. The molecule has 0 radical (unpaired) electrons. The molecule has 2 N–H and O–H groups in total. The van der Waals surface area contributed by atoms with Gasteiger partial charge in [-0.05, 0) is 18.1 Å². The number of nitrogens with zero attached hydrogens (tertiary/aromatic N) is 4. The van der Waals surface area contributed by atoms with E-state index in [1.54, 1.807) is 16.8 Å². The largest absolute Gasteiger partial charge is 0.326 e. The van der Waals surface area contributed by atoms with Crippen molar-refractivity contribution in [1.29, 1.82) is 0 Å². The number of nitro groups is 1. The van der Waals surface area contributed by atoms with E-state index in [1.807, 2.05) is 13.2 Å². The van der Waals surface area contributed by atoms with Gasteiger partial charge in [-0.15, -0.1) is 0 Å². The maximum absolute atomic E-state index is 10.8. The first-order chi connectivity index (χ1) is 10.9. The van der Waals surface area contributed by atoms with Crippen molar-refractivity contribution in [2.45, 2.75) is 19.5 Å². The first kappa shape index (κ1) is 15.6. The normalized spacial score (nSPS) is 21.7. The van der Waals surface area contributed by atoms with Gasteiger partial charge in [-0.25, -0.2) is 0 Å². The molecule has 0 amide bonds. The lowest BCUT2D eigenvalue weighted by Gasteiger charge is -2.15. The average molecular weight is 315 g/mol. The summed E-state index contributed by atoms with van der Waals surface area (Å²) in [6.45, 7) is 4.83. The summed E-state index contributed by atoms with van der Waals surface area (Å²) in [5.74, 6) is 0.495. The van der Waals surface area contributed by atoms with Gasteiger partial charge in [0, 0.05) is 62.2 Å². The smallest absolute Gasteiger partial charge is 0.269 e. The van der Waals surface area contributed by atoms with E-state index < -0.39 is 4.92 Å². The summed E-state index contributed by atoms with van der Waals surface area (Å²) in [6, 6.07) is 6.75. The van der Waals surface area contributed by atoms with Gasteiger partial charge in [0.2, 0.25) is 0 Å². The third kappa shape index (κ3) is 3.25. The predicted molar refractivity (Wildman–Crippen MR) is 87.7 cm³/mol. The van der Waals surface area contributed by atoms with Gasteiger partial charge in [0.25, 0.3) is 5.69 Å². The van der Waals surface area contributed by atoms with Crippen LogP contribution >= 0.6 is 0 Å². The molecule has 1 aromatic heterocycles. The van der Waals surface area contributed by atoms with Crippen molar-refractivity contribution in [2.24, 2.45) is 18.7 Å². The van der Waals surface area contributed by atoms with Gasteiger partial charge in [0.05, 0.1) is 10.6 Å². The second kappa shape index (κ2) is 6.10. The van der Waals surface area contributed by atoms with Gasteiger partial charge < -0.3 is 5.73 Å². The second-order valence-electron chi connectivity index (χ2n) is 6.32. The zero-order valence-electron chi connectivity index (χ0n) is 13.3. The van der Waals surface area contributed by atoms with Gasteiger partial charge in [0.15, 0.2) is 0 Å². The van der Waals surface area contributed by atoms with E-state index in [0.29, 0.717) is 5.92 Å². The van der Waals surface area contributed by atoms with Crippen LogP contribution in [0.25, 0.3) is 11.3 Å². The summed E-state index contributed by atoms with van der Waals surface area (Å²) in [7, 11) is 1.89. The minimum Gasteiger partial charge on any atom is -0.326 e. The van der Waals surface area contributed by atoms with Crippen LogP contribution in [0.15, 0.2) is 30.5 Å². The van der Waals surface area contributed by atoms with E-state index >= 15 is 0 Å². The Hall–Kier alpha value is -2.25. The number of benzene rings is 1. The third-order valence-corrected chi connectivity index (χ3v) is 4.40. The monoisotopic (exact) mass is 315 g/mol. The molecule has 2 aromatic rings. The highest BCUT2D eigenvalue weighted by Gasteiger charge is 2.27. The Balaban J connectivity index is 1.84.